The van der Waals surface area contributed by atoms with Crippen molar-refractivity contribution in [3.05, 3.63) is 12.7 Å². The molecule has 2 unspecified atom stereocenters. The van der Waals surface area contributed by atoms with Gasteiger partial charge in [0, 0.05) is 6.08 Å². The second-order valence-corrected chi connectivity index (χ2v) is 3.30. The molecule has 1 aliphatic heterocycles. The van der Waals surface area contributed by atoms with Gasteiger partial charge in [0.2, 0.25) is 0 Å². The maximum absolute atomic E-state index is 10.6. The van der Waals surface area contributed by atoms with Gasteiger partial charge >= 0.3 is 5.97 Å². The third-order valence-electron chi connectivity index (χ3n) is 1.77. The molecule has 0 aromatic carbocycles. The van der Waals surface area contributed by atoms with Crippen LogP contribution in [-0.2, 0) is 23.7 Å². The Kier molecular flexibility index (Phi) is 6.02. The monoisotopic (exact) mass is 232 g/mol. The fraction of sp³-hybridized carbons (Fsp3) is 0.700. The van der Waals surface area contributed by atoms with E-state index in [2.05, 4.69) is 11.3 Å². The molecule has 1 N–H and O–H groups in total. The molecule has 1 rings (SSSR count). The maximum atomic E-state index is 10.6. The summed E-state index contributed by atoms with van der Waals surface area (Å²) in [5.41, 5.74) is 0. The van der Waals surface area contributed by atoms with Gasteiger partial charge in [0.25, 0.3) is 0 Å². The van der Waals surface area contributed by atoms with Crippen LogP contribution in [0, 0.1) is 0 Å². The maximum Gasteiger partial charge on any atom is 0.330 e. The lowest BCUT2D eigenvalue weighted by atomic mass is 10.4. The van der Waals surface area contributed by atoms with Crippen LogP contribution in [-0.4, -0.2) is 56.5 Å². The largest absolute Gasteiger partial charge is 0.460 e. The molecule has 0 amide bonds. The molecule has 0 aromatic heterocycles. The van der Waals surface area contributed by atoms with Crippen LogP contribution < -0.4 is 0 Å². The van der Waals surface area contributed by atoms with Gasteiger partial charge in [0.15, 0.2) is 0 Å². The van der Waals surface area contributed by atoms with Crippen molar-refractivity contribution < 1.29 is 28.8 Å². The number of ether oxygens (including phenoxy) is 4. The number of esters is 1. The summed E-state index contributed by atoms with van der Waals surface area (Å²) in [6.07, 6.45) is 0.374. The molecule has 1 fully saturated rings. The SMILES string of the molecule is C=CC(=O)OCC(O)COCOCC1CO1. The number of aliphatic hydroxyl groups excluding tert-OH is 1. The second-order valence-electron chi connectivity index (χ2n) is 3.30. The lowest BCUT2D eigenvalue weighted by molar-refractivity contribution is -0.143. The highest BCUT2D eigenvalue weighted by Gasteiger charge is 2.22. The van der Waals surface area contributed by atoms with E-state index in [0.717, 1.165) is 12.7 Å². The van der Waals surface area contributed by atoms with Gasteiger partial charge in [0.1, 0.15) is 25.6 Å². The van der Waals surface area contributed by atoms with Gasteiger partial charge in [-0.3, -0.25) is 0 Å². The Hall–Kier alpha value is -0.950. The molecule has 6 heteroatoms. The first-order valence-corrected chi connectivity index (χ1v) is 4.96. The minimum atomic E-state index is -0.857. The molecule has 6 nitrogen and oxygen atoms in total. The predicted octanol–water partition coefficient (Wildman–Crippen LogP) is -0.534. The Morgan fingerprint density at radius 3 is 2.94 bits per heavy atom. The van der Waals surface area contributed by atoms with Gasteiger partial charge < -0.3 is 24.1 Å². The summed E-state index contributed by atoms with van der Waals surface area (Å²) in [5, 5.41) is 9.30. The highest BCUT2D eigenvalue weighted by molar-refractivity contribution is 5.81. The number of aliphatic hydroxyl groups is 1. The molecule has 0 radical (unpaired) electrons. The van der Waals surface area contributed by atoms with E-state index in [1.807, 2.05) is 0 Å². The third-order valence-corrected chi connectivity index (χ3v) is 1.77. The van der Waals surface area contributed by atoms with Crippen LogP contribution in [0.15, 0.2) is 12.7 Å². The Bertz CT molecular complexity index is 225. The molecule has 1 aliphatic rings. The summed E-state index contributed by atoms with van der Waals surface area (Å²) >= 11 is 0. The molecule has 0 saturated carbocycles. The Morgan fingerprint density at radius 1 is 1.56 bits per heavy atom. The molecular weight excluding hydrogens is 216 g/mol. The topological polar surface area (TPSA) is 77.5 Å². The molecule has 1 heterocycles. The van der Waals surface area contributed by atoms with Crippen LogP contribution in [0.1, 0.15) is 0 Å². The minimum Gasteiger partial charge on any atom is -0.460 e. The normalized spacial score (nSPS) is 20.2. The lowest BCUT2D eigenvalue weighted by Gasteiger charge is -2.10. The van der Waals surface area contributed by atoms with Crippen molar-refractivity contribution in [2.24, 2.45) is 0 Å². The summed E-state index contributed by atoms with van der Waals surface area (Å²) in [6.45, 7) is 4.49. The number of epoxide rings is 1. The van der Waals surface area contributed by atoms with Crippen LogP contribution in [0.3, 0.4) is 0 Å². The van der Waals surface area contributed by atoms with E-state index >= 15 is 0 Å². The summed E-state index contributed by atoms with van der Waals surface area (Å²) in [5.74, 6) is -0.568. The molecule has 92 valence electrons. The number of carbonyl (C=O) groups is 1. The standard InChI is InChI=1S/C10H16O6/c1-2-10(12)16-4-8(11)3-13-7-14-5-9-6-15-9/h2,8-9,11H,1,3-7H2. The van der Waals surface area contributed by atoms with Crippen molar-refractivity contribution in [2.45, 2.75) is 12.2 Å². The fourth-order valence-electron chi connectivity index (χ4n) is 0.872. The number of hydrogen-bond acceptors (Lipinski definition) is 6. The van der Waals surface area contributed by atoms with Crippen molar-refractivity contribution >= 4 is 5.97 Å². The molecule has 16 heavy (non-hydrogen) atoms. The van der Waals surface area contributed by atoms with E-state index in [1.54, 1.807) is 0 Å². The Balaban J connectivity index is 1.86. The van der Waals surface area contributed by atoms with Crippen LogP contribution >= 0.6 is 0 Å². The molecular formula is C10H16O6. The van der Waals surface area contributed by atoms with E-state index in [1.165, 1.54) is 0 Å². The minimum absolute atomic E-state index is 0.0515. The average Bonchev–Trinajstić information content (AvgIpc) is 3.09. The van der Waals surface area contributed by atoms with Crippen molar-refractivity contribution in [2.75, 3.05) is 33.2 Å². The number of carbonyl (C=O) groups excluding carboxylic acids is 1. The van der Waals surface area contributed by atoms with Gasteiger partial charge in [-0.2, -0.15) is 0 Å². The highest BCUT2D eigenvalue weighted by Crippen LogP contribution is 2.08. The van der Waals surface area contributed by atoms with E-state index in [0.29, 0.717) is 6.61 Å². The van der Waals surface area contributed by atoms with E-state index in [4.69, 9.17) is 14.2 Å². The first kappa shape index (κ1) is 13.1. The van der Waals surface area contributed by atoms with Gasteiger partial charge in [-0.15, -0.1) is 0 Å². The lowest BCUT2D eigenvalue weighted by Crippen LogP contribution is -2.24. The molecule has 0 spiro atoms. The molecule has 0 bridgehead atoms. The van der Waals surface area contributed by atoms with Crippen LogP contribution in [0.25, 0.3) is 0 Å². The van der Waals surface area contributed by atoms with Crippen molar-refractivity contribution in [3.63, 3.8) is 0 Å². The van der Waals surface area contributed by atoms with E-state index in [-0.39, 0.29) is 26.1 Å². The Morgan fingerprint density at radius 2 is 2.31 bits per heavy atom. The quantitative estimate of drug-likeness (QED) is 0.189. The van der Waals surface area contributed by atoms with Crippen molar-refractivity contribution in [3.8, 4) is 0 Å². The van der Waals surface area contributed by atoms with Crippen LogP contribution in [0.2, 0.25) is 0 Å². The third kappa shape index (κ3) is 6.52. The van der Waals surface area contributed by atoms with Gasteiger partial charge in [-0.05, 0) is 0 Å². The highest BCUT2D eigenvalue weighted by atomic mass is 16.7. The zero-order chi connectivity index (χ0) is 11.8. The average molecular weight is 232 g/mol. The fourth-order valence-corrected chi connectivity index (χ4v) is 0.872. The van der Waals surface area contributed by atoms with Crippen molar-refractivity contribution in [1.29, 1.82) is 0 Å². The second kappa shape index (κ2) is 7.34. The van der Waals surface area contributed by atoms with Crippen molar-refractivity contribution in [1.82, 2.24) is 0 Å². The van der Waals surface area contributed by atoms with Crippen LogP contribution in [0.5, 0.6) is 0 Å². The zero-order valence-electron chi connectivity index (χ0n) is 8.96. The molecule has 0 aromatic rings. The number of rotatable bonds is 9. The molecule has 1 saturated heterocycles. The first-order chi connectivity index (χ1) is 7.72. The smallest absolute Gasteiger partial charge is 0.330 e. The zero-order valence-corrected chi connectivity index (χ0v) is 8.96. The van der Waals surface area contributed by atoms with E-state index < -0.39 is 12.1 Å². The Labute approximate surface area is 93.7 Å². The first-order valence-electron chi connectivity index (χ1n) is 4.96. The van der Waals surface area contributed by atoms with Gasteiger partial charge in [0.05, 0.1) is 19.8 Å². The molecule has 2 atom stereocenters. The molecule has 0 aliphatic carbocycles. The van der Waals surface area contributed by atoms with Crippen LogP contribution in [0.4, 0.5) is 0 Å². The van der Waals surface area contributed by atoms with Gasteiger partial charge in [-0.1, -0.05) is 6.58 Å². The summed E-state index contributed by atoms with van der Waals surface area (Å²) < 4.78 is 19.6. The van der Waals surface area contributed by atoms with Gasteiger partial charge in [-0.25, -0.2) is 4.79 Å². The van der Waals surface area contributed by atoms with E-state index in [9.17, 15) is 9.90 Å². The summed E-state index contributed by atoms with van der Waals surface area (Å²) in [6, 6.07) is 0. The number of hydrogen-bond donors (Lipinski definition) is 1. The predicted molar refractivity (Wildman–Crippen MR) is 53.7 cm³/mol. The summed E-state index contributed by atoms with van der Waals surface area (Å²) in [4.78, 5) is 10.6. The summed E-state index contributed by atoms with van der Waals surface area (Å²) in [7, 11) is 0.